The van der Waals surface area contributed by atoms with E-state index in [1.165, 1.54) is 7.11 Å². The molecule has 4 heteroatoms. The summed E-state index contributed by atoms with van der Waals surface area (Å²) in [6, 6.07) is 16.8. The van der Waals surface area contributed by atoms with Gasteiger partial charge in [0.1, 0.15) is 0 Å². The molecule has 1 atom stereocenters. The van der Waals surface area contributed by atoms with Crippen LogP contribution >= 0.6 is 0 Å². The third kappa shape index (κ3) is 4.15. The van der Waals surface area contributed by atoms with Gasteiger partial charge < -0.3 is 15.2 Å². The zero-order chi connectivity index (χ0) is 15.1. The average molecular weight is 285 g/mol. The van der Waals surface area contributed by atoms with Gasteiger partial charge in [-0.15, -0.1) is 0 Å². The summed E-state index contributed by atoms with van der Waals surface area (Å²) >= 11 is 0. The van der Waals surface area contributed by atoms with Gasteiger partial charge in [0, 0.05) is 19.4 Å². The van der Waals surface area contributed by atoms with E-state index in [9.17, 15) is 4.79 Å². The first-order valence-corrected chi connectivity index (χ1v) is 6.83. The Labute approximate surface area is 124 Å². The number of methoxy groups -OCH3 is 1. The molecule has 1 amide bonds. The second kappa shape index (κ2) is 7.57. The molecule has 0 bridgehead atoms. The molecule has 0 spiro atoms. The van der Waals surface area contributed by atoms with Crippen LogP contribution in [0.3, 0.4) is 0 Å². The highest BCUT2D eigenvalue weighted by molar-refractivity contribution is 5.94. The van der Waals surface area contributed by atoms with Gasteiger partial charge in [0.25, 0.3) is 5.91 Å². The zero-order valence-electron chi connectivity index (χ0n) is 12.0. The maximum Gasteiger partial charge on any atom is 0.258 e. The first kappa shape index (κ1) is 15.2. The first-order chi connectivity index (χ1) is 10.2. The van der Waals surface area contributed by atoms with Crippen LogP contribution < -0.4 is 5.32 Å². The summed E-state index contributed by atoms with van der Waals surface area (Å²) < 4.78 is 5.29. The number of hydrogen-bond acceptors (Lipinski definition) is 3. The predicted molar refractivity (Wildman–Crippen MR) is 82.1 cm³/mol. The number of hydrogen-bond donors (Lipinski definition) is 2. The van der Waals surface area contributed by atoms with Crippen LogP contribution in [0.2, 0.25) is 0 Å². The molecule has 0 aliphatic rings. The fourth-order valence-corrected chi connectivity index (χ4v) is 2.11. The molecule has 21 heavy (non-hydrogen) atoms. The second-order valence-corrected chi connectivity index (χ2v) is 4.69. The number of aliphatic hydroxyl groups is 1. The molecule has 2 N–H and O–H groups in total. The number of carbonyl (C=O) groups is 1. The Morgan fingerprint density at radius 1 is 1.14 bits per heavy atom. The zero-order valence-corrected chi connectivity index (χ0v) is 12.0. The molecular formula is C17H19NO3. The molecule has 1 unspecified atom stereocenters. The molecule has 0 fully saturated rings. The largest absolute Gasteiger partial charge is 0.396 e. The van der Waals surface area contributed by atoms with Crippen molar-refractivity contribution in [3.63, 3.8) is 0 Å². The van der Waals surface area contributed by atoms with Gasteiger partial charge in [0.15, 0.2) is 6.10 Å². The minimum Gasteiger partial charge on any atom is -0.396 e. The van der Waals surface area contributed by atoms with E-state index in [0.717, 1.165) is 11.1 Å². The van der Waals surface area contributed by atoms with Crippen LogP contribution in [0, 0.1) is 0 Å². The van der Waals surface area contributed by atoms with E-state index >= 15 is 0 Å². The monoisotopic (exact) mass is 285 g/mol. The molecule has 0 aliphatic heterocycles. The Morgan fingerprint density at radius 3 is 2.38 bits per heavy atom. The maximum absolute atomic E-state index is 12.3. The molecule has 0 aliphatic carbocycles. The first-order valence-electron chi connectivity index (χ1n) is 6.83. The van der Waals surface area contributed by atoms with Crippen LogP contribution in [-0.2, 0) is 16.0 Å². The van der Waals surface area contributed by atoms with Crippen molar-refractivity contribution in [1.29, 1.82) is 0 Å². The lowest BCUT2D eigenvalue weighted by Crippen LogP contribution is -2.22. The number of ether oxygens (including phenoxy) is 1. The molecule has 110 valence electrons. The van der Waals surface area contributed by atoms with Crippen molar-refractivity contribution in [2.75, 3.05) is 19.0 Å². The van der Waals surface area contributed by atoms with Gasteiger partial charge in [-0.3, -0.25) is 4.79 Å². The Morgan fingerprint density at radius 2 is 1.81 bits per heavy atom. The highest BCUT2D eigenvalue weighted by Gasteiger charge is 2.19. The lowest BCUT2D eigenvalue weighted by atomic mass is 10.1. The normalized spacial score (nSPS) is 11.9. The highest BCUT2D eigenvalue weighted by atomic mass is 16.5. The topological polar surface area (TPSA) is 58.6 Å². The summed E-state index contributed by atoms with van der Waals surface area (Å²) in [6.07, 6.45) is -0.0258. The number of amides is 1. The quantitative estimate of drug-likeness (QED) is 0.857. The number of nitrogens with one attached hydrogen (secondary N) is 1. The Hall–Kier alpha value is -2.17. The van der Waals surface area contributed by atoms with E-state index in [1.807, 2.05) is 54.6 Å². The second-order valence-electron chi connectivity index (χ2n) is 4.69. The third-order valence-electron chi connectivity index (χ3n) is 3.20. The summed E-state index contributed by atoms with van der Waals surface area (Å²) in [5.74, 6) is -0.210. The van der Waals surface area contributed by atoms with Gasteiger partial charge in [-0.05, 0) is 29.7 Å². The minimum atomic E-state index is -0.636. The molecule has 4 nitrogen and oxygen atoms in total. The molecule has 2 aromatic rings. The van der Waals surface area contributed by atoms with Crippen molar-refractivity contribution in [3.8, 4) is 0 Å². The van der Waals surface area contributed by atoms with Gasteiger partial charge in [-0.25, -0.2) is 0 Å². The highest BCUT2D eigenvalue weighted by Crippen LogP contribution is 2.19. The van der Waals surface area contributed by atoms with Crippen molar-refractivity contribution in [2.24, 2.45) is 0 Å². The summed E-state index contributed by atoms with van der Waals surface area (Å²) in [7, 11) is 1.52. The Bertz CT molecular complexity index is 566. The lowest BCUT2D eigenvalue weighted by molar-refractivity contribution is -0.126. The molecular weight excluding hydrogens is 266 g/mol. The molecule has 0 heterocycles. The molecule has 0 radical (unpaired) electrons. The van der Waals surface area contributed by atoms with E-state index in [-0.39, 0.29) is 12.5 Å². The molecule has 0 saturated carbocycles. The Balaban J connectivity index is 2.05. The number of carbonyl (C=O) groups excluding carboxylic acids is 1. The predicted octanol–water partition coefficient (Wildman–Crippen LogP) is 2.55. The summed E-state index contributed by atoms with van der Waals surface area (Å²) in [5.41, 5.74) is 2.55. The van der Waals surface area contributed by atoms with Gasteiger partial charge in [0.05, 0.1) is 0 Å². The maximum atomic E-state index is 12.3. The van der Waals surface area contributed by atoms with E-state index in [0.29, 0.717) is 12.1 Å². The van der Waals surface area contributed by atoms with E-state index < -0.39 is 6.10 Å². The minimum absolute atomic E-state index is 0.117. The van der Waals surface area contributed by atoms with Crippen molar-refractivity contribution < 1.29 is 14.6 Å². The van der Waals surface area contributed by atoms with E-state index in [4.69, 9.17) is 9.84 Å². The standard InChI is InChI=1S/C17H19NO3/c1-21-16(14-5-3-2-4-6-14)17(20)18-15-9-7-13(8-10-15)11-12-19/h2-10,16,19H,11-12H2,1H3,(H,18,20). The van der Waals surface area contributed by atoms with Crippen LogP contribution in [0.25, 0.3) is 0 Å². The summed E-state index contributed by atoms with van der Waals surface area (Å²) in [4.78, 5) is 12.3. The van der Waals surface area contributed by atoms with Crippen LogP contribution in [0.1, 0.15) is 17.2 Å². The van der Waals surface area contributed by atoms with Gasteiger partial charge in [0.2, 0.25) is 0 Å². The molecule has 0 aromatic heterocycles. The average Bonchev–Trinajstić information content (AvgIpc) is 2.51. The van der Waals surface area contributed by atoms with Gasteiger partial charge in [-0.1, -0.05) is 42.5 Å². The SMILES string of the molecule is COC(C(=O)Nc1ccc(CCO)cc1)c1ccccc1. The molecule has 2 aromatic carbocycles. The fourth-order valence-electron chi connectivity index (χ4n) is 2.11. The van der Waals surface area contributed by atoms with Gasteiger partial charge in [-0.2, -0.15) is 0 Å². The van der Waals surface area contributed by atoms with E-state index in [2.05, 4.69) is 5.32 Å². The molecule has 0 saturated heterocycles. The van der Waals surface area contributed by atoms with Crippen LogP contribution in [0.5, 0.6) is 0 Å². The Kier molecular flexibility index (Phi) is 5.49. The molecule has 2 rings (SSSR count). The summed E-state index contributed by atoms with van der Waals surface area (Å²) in [6.45, 7) is 0.117. The van der Waals surface area contributed by atoms with Gasteiger partial charge >= 0.3 is 0 Å². The summed E-state index contributed by atoms with van der Waals surface area (Å²) in [5, 5.41) is 11.7. The number of aliphatic hydroxyl groups excluding tert-OH is 1. The number of benzene rings is 2. The van der Waals surface area contributed by atoms with Crippen LogP contribution in [0.4, 0.5) is 5.69 Å². The van der Waals surface area contributed by atoms with Crippen molar-refractivity contribution in [1.82, 2.24) is 0 Å². The van der Waals surface area contributed by atoms with Crippen molar-refractivity contribution >= 4 is 11.6 Å². The van der Waals surface area contributed by atoms with Crippen LogP contribution in [0.15, 0.2) is 54.6 Å². The number of anilines is 1. The number of rotatable bonds is 6. The van der Waals surface area contributed by atoms with Crippen LogP contribution in [-0.4, -0.2) is 24.7 Å². The van der Waals surface area contributed by atoms with Crippen molar-refractivity contribution in [2.45, 2.75) is 12.5 Å². The van der Waals surface area contributed by atoms with Crippen molar-refractivity contribution in [3.05, 3.63) is 65.7 Å². The smallest absolute Gasteiger partial charge is 0.258 e. The fraction of sp³-hybridized carbons (Fsp3) is 0.235. The van der Waals surface area contributed by atoms with E-state index in [1.54, 1.807) is 0 Å². The third-order valence-corrected chi connectivity index (χ3v) is 3.20. The lowest BCUT2D eigenvalue weighted by Gasteiger charge is -2.15.